The van der Waals surface area contributed by atoms with Gasteiger partial charge in [-0.2, -0.15) is 17.6 Å². The minimum atomic E-state index is -4.56. The third-order valence-electron chi connectivity index (χ3n) is 4.88. The van der Waals surface area contributed by atoms with Crippen molar-refractivity contribution in [2.45, 2.75) is 57.9 Å². The summed E-state index contributed by atoms with van der Waals surface area (Å²) in [5.74, 6) is -0.994. The van der Waals surface area contributed by atoms with Gasteiger partial charge in [-0.15, -0.1) is 10.2 Å². The molecule has 0 aliphatic carbocycles. The number of nitro groups is 1. The first-order valence-corrected chi connectivity index (χ1v) is 11.8. The molecule has 0 radical (unpaired) electrons. The zero-order valence-corrected chi connectivity index (χ0v) is 20.8. The smallest absolute Gasteiger partial charge is 0.433 e. The molecule has 37 heavy (non-hydrogen) atoms. The summed E-state index contributed by atoms with van der Waals surface area (Å²) in [6.45, 7) is 5.10. The highest BCUT2D eigenvalue weighted by atomic mass is 32.1. The molecule has 0 aliphatic rings. The van der Waals surface area contributed by atoms with E-state index in [1.54, 1.807) is 20.8 Å². The first-order valence-electron chi connectivity index (χ1n) is 11.0. The predicted octanol–water partition coefficient (Wildman–Crippen LogP) is 5.73. The van der Waals surface area contributed by atoms with Crippen LogP contribution in [0.2, 0.25) is 0 Å². The Kier molecular flexibility index (Phi) is 8.41. The minimum Gasteiger partial charge on any atom is -0.444 e. The molecule has 3 rings (SSSR count). The molecule has 1 aromatic carbocycles. The van der Waals surface area contributed by atoms with Crippen molar-refractivity contribution in [2.24, 2.45) is 0 Å². The first kappa shape index (κ1) is 27.9. The van der Waals surface area contributed by atoms with E-state index in [1.165, 1.54) is 12.1 Å². The van der Waals surface area contributed by atoms with Crippen LogP contribution in [0.3, 0.4) is 0 Å². The summed E-state index contributed by atoms with van der Waals surface area (Å²) >= 11 is 1.15. The number of aromatic nitrogens is 3. The molecule has 9 nitrogen and oxygen atoms in total. The van der Waals surface area contributed by atoms with Crippen molar-refractivity contribution in [3.05, 3.63) is 68.7 Å². The number of carbonyl (C=O) groups is 1. The van der Waals surface area contributed by atoms with Crippen molar-refractivity contribution in [1.29, 1.82) is 0 Å². The number of nitrogens with zero attached hydrogens (tertiary/aromatic N) is 4. The van der Waals surface area contributed by atoms with Gasteiger partial charge in [0.2, 0.25) is 5.82 Å². The lowest BCUT2D eigenvalue weighted by molar-refractivity contribution is -0.387. The molecule has 1 N–H and O–H groups in total. The molecule has 0 saturated carbocycles. The summed E-state index contributed by atoms with van der Waals surface area (Å²) in [7, 11) is 0. The topological polar surface area (TPSA) is 120 Å². The molecular formula is C23H23F4N5O4S. The van der Waals surface area contributed by atoms with Crippen molar-refractivity contribution >= 4 is 23.1 Å². The standard InChI is InChI=1S/C23H23F4N5O4S/c1-22(2,3)36-21(33)29-15(10-13-4-8-18(28-12-13)23(25,26)27)6-9-19-30-31-20(37-19)14-5-7-17(32(34)35)16(24)11-14/h4-5,7-8,11-12,15H,6,9-10H2,1-3H3,(H,29,33)/t15-/m0/s1. The number of hydrogen-bond donors (Lipinski definition) is 1. The number of benzene rings is 1. The van der Waals surface area contributed by atoms with Crippen molar-refractivity contribution in [3.63, 3.8) is 0 Å². The summed E-state index contributed by atoms with van der Waals surface area (Å²) in [5.41, 5.74) is -1.61. The third kappa shape index (κ3) is 8.17. The molecule has 0 spiro atoms. The van der Waals surface area contributed by atoms with E-state index in [0.717, 1.165) is 35.7 Å². The number of nitro benzene ring substituents is 1. The number of pyridine rings is 1. The van der Waals surface area contributed by atoms with Crippen LogP contribution >= 0.6 is 11.3 Å². The molecule has 1 amide bonds. The number of carbonyl (C=O) groups excluding carboxylic acids is 1. The quantitative estimate of drug-likeness (QED) is 0.220. The van der Waals surface area contributed by atoms with Crippen LogP contribution in [0.5, 0.6) is 0 Å². The Morgan fingerprint density at radius 2 is 1.92 bits per heavy atom. The molecule has 2 aromatic heterocycles. The second kappa shape index (κ2) is 11.2. The number of alkyl halides is 3. The lowest BCUT2D eigenvalue weighted by Gasteiger charge is -2.23. The maximum atomic E-state index is 14.0. The first-order chi connectivity index (χ1) is 17.2. The SMILES string of the molecule is CC(C)(C)OC(=O)N[C@@H](CCc1nnc(-c2ccc([N+](=O)[O-])c(F)c2)s1)Cc1ccc(C(F)(F)F)nc1. The number of amides is 1. The highest BCUT2D eigenvalue weighted by Gasteiger charge is 2.32. The Morgan fingerprint density at radius 3 is 2.49 bits per heavy atom. The molecule has 1 atom stereocenters. The van der Waals surface area contributed by atoms with E-state index in [4.69, 9.17) is 4.74 Å². The van der Waals surface area contributed by atoms with Gasteiger partial charge < -0.3 is 10.1 Å². The van der Waals surface area contributed by atoms with Gasteiger partial charge in [0.1, 0.15) is 21.3 Å². The van der Waals surface area contributed by atoms with Gasteiger partial charge in [-0.1, -0.05) is 17.4 Å². The van der Waals surface area contributed by atoms with Crippen molar-refractivity contribution in [2.75, 3.05) is 0 Å². The second-order valence-electron chi connectivity index (χ2n) is 9.06. The molecule has 0 fully saturated rings. The maximum Gasteiger partial charge on any atom is 0.433 e. The lowest BCUT2D eigenvalue weighted by Crippen LogP contribution is -2.40. The summed E-state index contributed by atoms with van der Waals surface area (Å²) < 4.78 is 57.7. The fourth-order valence-corrected chi connectivity index (χ4v) is 4.11. The molecular weight excluding hydrogens is 518 g/mol. The van der Waals surface area contributed by atoms with Crippen LogP contribution in [0.1, 0.15) is 43.5 Å². The average Bonchev–Trinajstić information content (AvgIpc) is 3.25. The van der Waals surface area contributed by atoms with Crippen LogP contribution in [-0.2, 0) is 23.8 Å². The molecule has 0 unspecified atom stereocenters. The van der Waals surface area contributed by atoms with Crippen LogP contribution in [-0.4, -0.2) is 37.8 Å². The zero-order chi connectivity index (χ0) is 27.4. The summed E-state index contributed by atoms with van der Waals surface area (Å²) in [6.07, 6.45) is -3.28. The van der Waals surface area contributed by atoms with Gasteiger partial charge in [-0.05, 0) is 57.4 Å². The number of ether oxygens (including phenoxy) is 1. The molecule has 3 aromatic rings. The van der Waals surface area contributed by atoms with Crippen LogP contribution in [0.15, 0.2) is 36.5 Å². The Balaban J connectivity index is 1.72. The number of halogens is 4. The minimum absolute atomic E-state index is 0.184. The Hall–Kier alpha value is -3.68. The normalized spacial score (nSPS) is 12.7. The fourth-order valence-electron chi connectivity index (χ4n) is 3.25. The van der Waals surface area contributed by atoms with Gasteiger partial charge in [0.05, 0.1) is 4.92 Å². The molecule has 198 valence electrons. The largest absolute Gasteiger partial charge is 0.444 e. The van der Waals surface area contributed by atoms with Crippen LogP contribution < -0.4 is 5.32 Å². The van der Waals surface area contributed by atoms with E-state index in [9.17, 15) is 32.5 Å². The number of nitrogens with one attached hydrogen (secondary N) is 1. The number of aryl methyl sites for hydroxylation is 1. The monoisotopic (exact) mass is 541 g/mol. The molecule has 0 saturated heterocycles. The van der Waals surface area contributed by atoms with Crippen molar-refractivity contribution < 1.29 is 32.0 Å². The zero-order valence-electron chi connectivity index (χ0n) is 20.0. The van der Waals surface area contributed by atoms with E-state index >= 15 is 0 Å². The molecule has 0 bridgehead atoms. The molecule has 2 heterocycles. The highest BCUT2D eigenvalue weighted by Crippen LogP contribution is 2.29. The van der Waals surface area contributed by atoms with Crippen molar-refractivity contribution in [1.82, 2.24) is 20.5 Å². The van der Waals surface area contributed by atoms with E-state index in [2.05, 4.69) is 20.5 Å². The Labute approximate surface area is 213 Å². The van der Waals surface area contributed by atoms with E-state index in [-0.39, 0.29) is 6.42 Å². The van der Waals surface area contributed by atoms with Gasteiger partial charge in [-0.25, -0.2) is 4.79 Å². The second-order valence-corrected chi connectivity index (χ2v) is 10.1. The van der Waals surface area contributed by atoms with E-state index in [1.807, 2.05) is 0 Å². The summed E-state index contributed by atoms with van der Waals surface area (Å²) in [4.78, 5) is 25.8. The third-order valence-corrected chi connectivity index (χ3v) is 5.92. The Bertz CT molecular complexity index is 1260. The summed E-state index contributed by atoms with van der Waals surface area (Å²) in [5, 5.41) is 22.5. The lowest BCUT2D eigenvalue weighted by atomic mass is 10.0. The van der Waals surface area contributed by atoms with Gasteiger partial charge in [0.15, 0.2) is 0 Å². The Morgan fingerprint density at radius 1 is 1.19 bits per heavy atom. The summed E-state index contributed by atoms with van der Waals surface area (Å²) in [6, 6.07) is 5.07. The van der Waals surface area contributed by atoms with Gasteiger partial charge in [0, 0.05) is 30.3 Å². The molecule has 0 aliphatic heterocycles. The highest BCUT2D eigenvalue weighted by molar-refractivity contribution is 7.14. The average molecular weight is 542 g/mol. The fraction of sp³-hybridized carbons (Fsp3) is 0.391. The maximum absolute atomic E-state index is 14.0. The number of alkyl carbamates (subject to hydrolysis) is 1. The van der Waals surface area contributed by atoms with Crippen molar-refractivity contribution in [3.8, 4) is 10.6 Å². The number of hydrogen-bond acceptors (Lipinski definition) is 8. The van der Waals surface area contributed by atoms with Gasteiger partial charge >= 0.3 is 18.0 Å². The van der Waals surface area contributed by atoms with E-state index in [0.29, 0.717) is 34.0 Å². The van der Waals surface area contributed by atoms with Crippen LogP contribution in [0, 0.1) is 15.9 Å². The predicted molar refractivity (Wildman–Crippen MR) is 126 cm³/mol. The van der Waals surface area contributed by atoms with Gasteiger partial charge in [0.25, 0.3) is 0 Å². The van der Waals surface area contributed by atoms with E-state index < -0.39 is 46.0 Å². The van der Waals surface area contributed by atoms with Gasteiger partial charge in [-0.3, -0.25) is 15.1 Å². The molecule has 14 heteroatoms. The van der Waals surface area contributed by atoms with Crippen LogP contribution in [0.4, 0.5) is 28.0 Å². The van der Waals surface area contributed by atoms with Crippen LogP contribution in [0.25, 0.3) is 10.6 Å². The number of rotatable bonds is 8.